The number of benzene rings is 2. The first-order valence-corrected chi connectivity index (χ1v) is 8.22. The number of hydrogen-bond donors (Lipinski definition) is 0. The van der Waals surface area contributed by atoms with Gasteiger partial charge in [-0.25, -0.2) is 0 Å². The van der Waals surface area contributed by atoms with E-state index in [4.69, 9.17) is 23.8 Å². The molecule has 1 aromatic heterocycles. The second-order valence-electron chi connectivity index (χ2n) is 4.91. The van der Waals surface area contributed by atoms with Gasteiger partial charge in [0.2, 0.25) is 0 Å². The molecule has 0 fully saturated rings. The molecule has 0 atom stereocenters. The van der Waals surface area contributed by atoms with Crippen molar-refractivity contribution >= 4 is 39.7 Å². The van der Waals surface area contributed by atoms with Crippen LogP contribution in [0.25, 0.3) is 22.4 Å². The molecule has 1 heterocycles. The van der Waals surface area contributed by atoms with Gasteiger partial charge in [-0.3, -0.25) is 4.68 Å². The van der Waals surface area contributed by atoms with E-state index in [1.165, 1.54) is 0 Å². The van der Waals surface area contributed by atoms with Crippen molar-refractivity contribution in [3.8, 4) is 22.4 Å². The Morgan fingerprint density at radius 1 is 1.09 bits per heavy atom. The lowest BCUT2D eigenvalue weighted by Crippen LogP contribution is -2.01. The highest BCUT2D eigenvalue weighted by atomic mass is 79.9. The average molecular weight is 392 g/mol. The molecule has 3 rings (SSSR count). The maximum absolute atomic E-state index is 5.97. The largest absolute Gasteiger partial charge is 0.275 e. The van der Waals surface area contributed by atoms with Crippen LogP contribution in [0.15, 0.2) is 59.2 Å². The molecule has 110 valence electrons. The summed E-state index contributed by atoms with van der Waals surface area (Å²) in [5.41, 5.74) is 3.79. The Morgan fingerprint density at radius 3 is 2.50 bits per heavy atom. The molecule has 0 saturated carbocycles. The van der Waals surface area contributed by atoms with Crippen molar-refractivity contribution in [1.82, 2.24) is 9.78 Å². The lowest BCUT2D eigenvalue weighted by atomic mass is 10.0. The van der Waals surface area contributed by atoms with Crippen LogP contribution in [0.1, 0.15) is 0 Å². The number of nitrogens with zero attached hydrogens (tertiary/aromatic N) is 2. The van der Waals surface area contributed by atoms with Crippen molar-refractivity contribution in [2.45, 2.75) is 0 Å². The van der Waals surface area contributed by atoms with Crippen molar-refractivity contribution in [2.75, 3.05) is 0 Å². The van der Waals surface area contributed by atoms with E-state index >= 15 is 0 Å². The number of aromatic nitrogens is 2. The minimum atomic E-state index is 0.709. The smallest absolute Gasteiger partial charge is 0.109 e. The molecule has 0 spiro atoms. The van der Waals surface area contributed by atoms with Crippen molar-refractivity contribution in [1.29, 1.82) is 0 Å². The van der Waals surface area contributed by atoms with Gasteiger partial charge in [-0.15, -0.1) is 0 Å². The van der Waals surface area contributed by atoms with Crippen LogP contribution in [-0.4, -0.2) is 9.78 Å². The topological polar surface area (TPSA) is 17.8 Å². The van der Waals surface area contributed by atoms with Crippen LogP contribution in [0.3, 0.4) is 0 Å². The molecule has 3 aromatic rings. The minimum absolute atomic E-state index is 0.709. The average Bonchev–Trinajstić information content (AvgIpc) is 2.50. The summed E-state index contributed by atoms with van der Waals surface area (Å²) in [6.45, 7) is 0. The summed E-state index contributed by atoms with van der Waals surface area (Å²) in [6, 6.07) is 15.7. The highest BCUT2D eigenvalue weighted by Crippen LogP contribution is 2.29. The first kappa shape index (κ1) is 15.4. The molecule has 22 heavy (non-hydrogen) atoms. The number of halogens is 2. The van der Waals surface area contributed by atoms with Crippen LogP contribution in [0.2, 0.25) is 5.02 Å². The molecule has 2 aromatic carbocycles. The summed E-state index contributed by atoms with van der Waals surface area (Å²) in [6.07, 6.45) is 1.94. The van der Waals surface area contributed by atoms with Crippen LogP contribution < -0.4 is 0 Å². The van der Waals surface area contributed by atoms with Crippen molar-refractivity contribution in [3.05, 3.63) is 68.7 Å². The zero-order valence-corrected chi connectivity index (χ0v) is 14.9. The fraction of sp³-hybridized carbons (Fsp3) is 0.0588. The minimum Gasteiger partial charge on any atom is -0.275 e. The summed E-state index contributed by atoms with van der Waals surface area (Å²) in [4.78, 5) is 0. The maximum Gasteiger partial charge on any atom is 0.109 e. The molecular weight excluding hydrogens is 380 g/mol. The number of rotatable bonds is 2. The Kier molecular flexibility index (Phi) is 4.43. The fourth-order valence-corrected chi connectivity index (χ4v) is 3.12. The van der Waals surface area contributed by atoms with Crippen LogP contribution in [0.4, 0.5) is 0 Å². The Balaban J connectivity index is 2.22. The molecule has 0 radical (unpaired) electrons. The van der Waals surface area contributed by atoms with Gasteiger partial charge < -0.3 is 0 Å². The van der Waals surface area contributed by atoms with Crippen molar-refractivity contribution < 1.29 is 0 Å². The lowest BCUT2D eigenvalue weighted by Gasteiger charge is -2.10. The van der Waals surface area contributed by atoms with Gasteiger partial charge in [-0.05, 0) is 29.8 Å². The zero-order chi connectivity index (χ0) is 15.7. The van der Waals surface area contributed by atoms with E-state index in [1.54, 1.807) is 4.68 Å². The van der Waals surface area contributed by atoms with Crippen LogP contribution in [0.5, 0.6) is 0 Å². The summed E-state index contributed by atoms with van der Waals surface area (Å²) >= 11 is 15.1. The van der Waals surface area contributed by atoms with E-state index in [9.17, 15) is 0 Å². The van der Waals surface area contributed by atoms with Gasteiger partial charge in [0, 0.05) is 33.9 Å². The number of aryl methyl sites for hydroxylation is 1. The molecule has 0 amide bonds. The third kappa shape index (κ3) is 3.14. The van der Waals surface area contributed by atoms with Crippen molar-refractivity contribution in [3.63, 3.8) is 0 Å². The highest BCUT2D eigenvalue weighted by molar-refractivity contribution is 9.10. The second kappa shape index (κ2) is 6.32. The van der Waals surface area contributed by atoms with Crippen molar-refractivity contribution in [2.24, 2.45) is 7.05 Å². The summed E-state index contributed by atoms with van der Waals surface area (Å²) in [5, 5.41) is 5.26. The summed E-state index contributed by atoms with van der Waals surface area (Å²) in [7, 11) is 1.90. The van der Waals surface area contributed by atoms with Crippen LogP contribution >= 0.6 is 39.7 Å². The SMILES string of the molecule is Cn1cc(-c2ccc(Cl)cc2)c(=S)c(-c2cccc(Br)c2)n1. The molecule has 0 saturated heterocycles. The van der Waals surface area contributed by atoms with Gasteiger partial charge in [0.25, 0.3) is 0 Å². The third-order valence-corrected chi connectivity index (χ3v) is 4.45. The predicted molar refractivity (Wildman–Crippen MR) is 97.6 cm³/mol. The van der Waals surface area contributed by atoms with Gasteiger partial charge in [-0.1, -0.05) is 64.0 Å². The predicted octanol–water partition coefficient (Wildman–Crippen LogP) is 5.90. The Labute approximate surface area is 147 Å². The lowest BCUT2D eigenvalue weighted by molar-refractivity contribution is 0.744. The fourth-order valence-electron chi connectivity index (χ4n) is 2.26. The quantitative estimate of drug-likeness (QED) is 0.506. The molecule has 2 nitrogen and oxygen atoms in total. The Hall–Kier alpha value is -1.49. The van der Waals surface area contributed by atoms with Gasteiger partial charge >= 0.3 is 0 Å². The van der Waals surface area contributed by atoms with Crippen LogP contribution in [-0.2, 0) is 7.05 Å². The molecule has 0 unspecified atom stereocenters. The van der Waals surface area contributed by atoms with Gasteiger partial charge in [0.1, 0.15) is 5.69 Å². The Morgan fingerprint density at radius 2 is 1.82 bits per heavy atom. The first-order chi connectivity index (χ1) is 10.5. The number of hydrogen-bond acceptors (Lipinski definition) is 2. The molecule has 5 heteroatoms. The van der Waals surface area contributed by atoms with Gasteiger partial charge in [0.05, 0.1) is 4.51 Å². The van der Waals surface area contributed by atoms with E-state index in [-0.39, 0.29) is 0 Å². The monoisotopic (exact) mass is 390 g/mol. The molecule has 0 N–H and O–H groups in total. The first-order valence-electron chi connectivity index (χ1n) is 6.64. The molecular formula is C17H12BrClN2S. The van der Waals surface area contributed by atoms with Gasteiger partial charge in [-0.2, -0.15) is 5.10 Å². The normalized spacial score (nSPS) is 10.7. The van der Waals surface area contributed by atoms with Gasteiger partial charge in [0.15, 0.2) is 0 Å². The standard InChI is InChI=1S/C17H12BrClN2S/c1-21-10-15(11-5-7-14(19)8-6-11)17(22)16(20-21)12-3-2-4-13(18)9-12/h2-10H,1H3. The Bertz CT molecular complexity index is 888. The maximum atomic E-state index is 5.97. The third-order valence-electron chi connectivity index (χ3n) is 3.29. The molecule has 0 aliphatic rings. The van der Waals surface area contributed by atoms with E-state index in [2.05, 4.69) is 21.0 Å². The van der Waals surface area contributed by atoms with E-state index in [0.29, 0.717) is 5.02 Å². The van der Waals surface area contributed by atoms with E-state index in [0.717, 1.165) is 31.4 Å². The zero-order valence-electron chi connectivity index (χ0n) is 11.8. The highest BCUT2D eigenvalue weighted by Gasteiger charge is 2.10. The van der Waals surface area contributed by atoms with E-state index < -0.39 is 0 Å². The summed E-state index contributed by atoms with van der Waals surface area (Å²) in [5.74, 6) is 0. The molecule has 0 bridgehead atoms. The van der Waals surface area contributed by atoms with E-state index in [1.807, 2.05) is 61.8 Å². The molecule has 0 aliphatic carbocycles. The molecule has 0 aliphatic heterocycles. The second-order valence-corrected chi connectivity index (χ2v) is 6.67. The summed E-state index contributed by atoms with van der Waals surface area (Å²) < 4.78 is 3.52. The van der Waals surface area contributed by atoms with Crippen LogP contribution in [0, 0.1) is 4.51 Å².